The monoisotopic (exact) mass is 235 g/mol. The lowest BCUT2D eigenvalue weighted by molar-refractivity contribution is 0.382. The van der Waals surface area contributed by atoms with Crippen molar-refractivity contribution in [2.45, 2.75) is 52.1 Å². The Morgan fingerprint density at radius 1 is 1.24 bits per heavy atom. The van der Waals surface area contributed by atoms with E-state index in [4.69, 9.17) is 4.74 Å². The van der Waals surface area contributed by atoms with E-state index in [0.717, 1.165) is 5.75 Å². The van der Waals surface area contributed by atoms with Crippen LogP contribution in [0.4, 0.5) is 0 Å². The Labute approximate surface area is 105 Å². The van der Waals surface area contributed by atoms with E-state index in [0.29, 0.717) is 12.1 Å². The van der Waals surface area contributed by atoms with Crippen LogP contribution in [0.5, 0.6) is 5.75 Å². The Morgan fingerprint density at radius 2 is 1.94 bits per heavy atom. The standard InChI is InChI=1S/C15H25NO/c1-5-9-13(6-2)16-12(3)14-10-7-8-11-15(14)17-4/h7-8,10-13,16H,5-6,9H2,1-4H3. The second kappa shape index (κ2) is 7.33. The van der Waals surface area contributed by atoms with E-state index in [1.165, 1.54) is 24.8 Å². The molecule has 0 radical (unpaired) electrons. The molecular weight excluding hydrogens is 210 g/mol. The van der Waals surface area contributed by atoms with Crippen LogP contribution >= 0.6 is 0 Å². The summed E-state index contributed by atoms with van der Waals surface area (Å²) in [4.78, 5) is 0. The van der Waals surface area contributed by atoms with Crippen LogP contribution in [0.2, 0.25) is 0 Å². The third kappa shape index (κ3) is 4.04. The number of hydrogen-bond acceptors (Lipinski definition) is 2. The molecule has 1 aromatic carbocycles. The molecule has 1 N–H and O–H groups in total. The topological polar surface area (TPSA) is 21.3 Å². The van der Waals surface area contributed by atoms with Crippen LogP contribution in [0.25, 0.3) is 0 Å². The van der Waals surface area contributed by atoms with Gasteiger partial charge in [-0.05, 0) is 25.8 Å². The van der Waals surface area contributed by atoms with E-state index >= 15 is 0 Å². The Bertz CT molecular complexity index is 324. The summed E-state index contributed by atoms with van der Waals surface area (Å²) in [5, 5.41) is 3.68. The quantitative estimate of drug-likeness (QED) is 0.773. The fraction of sp³-hybridized carbons (Fsp3) is 0.600. The number of hydrogen-bond donors (Lipinski definition) is 1. The SMILES string of the molecule is CCCC(CC)NC(C)c1ccccc1OC. The Morgan fingerprint density at radius 3 is 2.53 bits per heavy atom. The molecule has 0 aliphatic carbocycles. The summed E-state index contributed by atoms with van der Waals surface area (Å²) in [5.41, 5.74) is 1.24. The van der Waals surface area contributed by atoms with Gasteiger partial charge in [0.2, 0.25) is 0 Å². The Balaban J connectivity index is 2.71. The molecule has 0 fully saturated rings. The molecule has 96 valence electrons. The molecule has 0 aromatic heterocycles. The van der Waals surface area contributed by atoms with Gasteiger partial charge in [0.25, 0.3) is 0 Å². The summed E-state index contributed by atoms with van der Waals surface area (Å²) in [6, 6.07) is 9.17. The van der Waals surface area contributed by atoms with Crippen LogP contribution < -0.4 is 10.1 Å². The van der Waals surface area contributed by atoms with Crippen molar-refractivity contribution in [2.75, 3.05) is 7.11 Å². The van der Waals surface area contributed by atoms with E-state index in [1.54, 1.807) is 7.11 Å². The van der Waals surface area contributed by atoms with Gasteiger partial charge in [-0.25, -0.2) is 0 Å². The minimum absolute atomic E-state index is 0.336. The largest absolute Gasteiger partial charge is 0.496 e. The van der Waals surface area contributed by atoms with Crippen molar-refractivity contribution in [1.82, 2.24) is 5.32 Å². The first-order valence-corrected chi connectivity index (χ1v) is 6.61. The average Bonchev–Trinajstić information content (AvgIpc) is 2.38. The van der Waals surface area contributed by atoms with Crippen molar-refractivity contribution in [3.63, 3.8) is 0 Å². The van der Waals surface area contributed by atoms with E-state index in [9.17, 15) is 0 Å². The van der Waals surface area contributed by atoms with Crippen molar-refractivity contribution < 1.29 is 4.74 Å². The maximum atomic E-state index is 5.40. The molecule has 0 amide bonds. The van der Waals surface area contributed by atoms with Crippen molar-refractivity contribution in [3.8, 4) is 5.75 Å². The molecule has 17 heavy (non-hydrogen) atoms. The number of benzene rings is 1. The van der Waals surface area contributed by atoms with Gasteiger partial charge in [-0.1, -0.05) is 38.5 Å². The molecule has 0 bridgehead atoms. The maximum Gasteiger partial charge on any atom is 0.123 e. The van der Waals surface area contributed by atoms with Crippen LogP contribution in [0.3, 0.4) is 0 Å². The van der Waals surface area contributed by atoms with Gasteiger partial charge in [0, 0.05) is 17.6 Å². The van der Waals surface area contributed by atoms with Crippen molar-refractivity contribution in [3.05, 3.63) is 29.8 Å². The first kappa shape index (κ1) is 14.0. The van der Waals surface area contributed by atoms with E-state index in [1.807, 2.05) is 12.1 Å². The van der Waals surface area contributed by atoms with E-state index < -0.39 is 0 Å². The van der Waals surface area contributed by atoms with Crippen molar-refractivity contribution in [1.29, 1.82) is 0 Å². The molecular formula is C15H25NO. The summed E-state index contributed by atoms with van der Waals surface area (Å²) in [6.07, 6.45) is 3.63. The predicted molar refractivity (Wildman–Crippen MR) is 73.5 cm³/mol. The van der Waals surface area contributed by atoms with E-state index in [2.05, 4.69) is 38.2 Å². The zero-order chi connectivity index (χ0) is 12.7. The molecule has 0 saturated heterocycles. The Hall–Kier alpha value is -1.02. The summed E-state index contributed by atoms with van der Waals surface area (Å²) < 4.78 is 5.40. The van der Waals surface area contributed by atoms with Crippen LogP contribution in [-0.4, -0.2) is 13.2 Å². The second-order valence-electron chi connectivity index (χ2n) is 4.52. The summed E-state index contributed by atoms with van der Waals surface area (Å²) >= 11 is 0. The maximum absolute atomic E-state index is 5.40. The molecule has 0 spiro atoms. The number of para-hydroxylation sites is 1. The predicted octanol–water partition coefficient (Wildman–Crippen LogP) is 3.92. The zero-order valence-electron chi connectivity index (χ0n) is 11.5. The lowest BCUT2D eigenvalue weighted by Crippen LogP contribution is -2.31. The third-order valence-corrected chi connectivity index (χ3v) is 3.22. The van der Waals surface area contributed by atoms with Crippen LogP contribution in [-0.2, 0) is 0 Å². The summed E-state index contributed by atoms with van der Waals surface area (Å²) in [5.74, 6) is 0.971. The van der Waals surface area contributed by atoms with Crippen LogP contribution in [0.1, 0.15) is 51.6 Å². The summed E-state index contributed by atoms with van der Waals surface area (Å²) in [6.45, 7) is 6.68. The molecule has 2 unspecified atom stereocenters. The second-order valence-corrected chi connectivity index (χ2v) is 4.52. The highest BCUT2D eigenvalue weighted by atomic mass is 16.5. The molecule has 0 aliphatic heterocycles. The fourth-order valence-electron chi connectivity index (χ4n) is 2.22. The van der Waals surface area contributed by atoms with Gasteiger partial charge in [0.1, 0.15) is 5.75 Å². The number of ether oxygens (including phenoxy) is 1. The minimum atomic E-state index is 0.336. The van der Waals surface area contributed by atoms with Gasteiger partial charge in [-0.2, -0.15) is 0 Å². The highest BCUT2D eigenvalue weighted by molar-refractivity contribution is 5.35. The fourth-order valence-corrected chi connectivity index (χ4v) is 2.22. The van der Waals surface area contributed by atoms with Gasteiger partial charge in [0.05, 0.1) is 7.11 Å². The first-order chi connectivity index (χ1) is 8.22. The van der Waals surface area contributed by atoms with Gasteiger partial charge < -0.3 is 10.1 Å². The minimum Gasteiger partial charge on any atom is -0.496 e. The molecule has 1 aromatic rings. The van der Waals surface area contributed by atoms with Crippen LogP contribution in [0, 0.1) is 0 Å². The van der Waals surface area contributed by atoms with Crippen molar-refractivity contribution >= 4 is 0 Å². The average molecular weight is 235 g/mol. The van der Waals surface area contributed by atoms with Gasteiger partial charge >= 0.3 is 0 Å². The highest BCUT2D eigenvalue weighted by Gasteiger charge is 2.14. The number of methoxy groups -OCH3 is 1. The molecule has 0 saturated carbocycles. The smallest absolute Gasteiger partial charge is 0.123 e. The third-order valence-electron chi connectivity index (χ3n) is 3.22. The number of rotatable bonds is 7. The molecule has 2 heteroatoms. The first-order valence-electron chi connectivity index (χ1n) is 6.61. The zero-order valence-corrected chi connectivity index (χ0v) is 11.5. The summed E-state index contributed by atoms with van der Waals surface area (Å²) in [7, 11) is 1.73. The molecule has 0 aliphatic rings. The van der Waals surface area contributed by atoms with E-state index in [-0.39, 0.29) is 0 Å². The van der Waals surface area contributed by atoms with Crippen molar-refractivity contribution in [2.24, 2.45) is 0 Å². The van der Waals surface area contributed by atoms with Gasteiger partial charge in [0.15, 0.2) is 0 Å². The normalized spacial score (nSPS) is 14.4. The molecule has 2 atom stereocenters. The molecule has 0 heterocycles. The highest BCUT2D eigenvalue weighted by Crippen LogP contribution is 2.25. The van der Waals surface area contributed by atoms with Gasteiger partial charge in [-0.15, -0.1) is 0 Å². The lowest BCUT2D eigenvalue weighted by Gasteiger charge is -2.23. The van der Waals surface area contributed by atoms with Crippen LogP contribution in [0.15, 0.2) is 24.3 Å². The lowest BCUT2D eigenvalue weighted by atomic mass is 10.0. The Kier molecular flexibility index (Phi) is 6.06. The van der Waals surface area contributed by atoms with Gasteiger partial charge in [-0.3, -0.25) is 0 Å². The number of nitrogens with one attached hydrogen (secondary N) is 1. The molecule has 2 nitrogen and oxygen atoms in total. The molecule has 1 rings (SSSR count).